The molecule has 0 heterocycles. The second kappa shape index (κ2) is 7.07. The van der Waals surface area contributed by atoms with E-state index in [1.165, 1.54) is 0 Å². The van der Waals surface area contributed by atoms with Crippen molar-refractivity contribution < 1.29 is 22.7 Å². The van der Waals surface area contributed by atoms with Gasteiger partial charge in [-0.15, -0.1) is 0 Å². The molecule has 0 aliphatic rings. The molecule has 3 N–H and O–H groups in total. The fourth-order valence-corrected chi connectivity index (χ4v) is 2.68. The number of rotatable bonds is 6. The Kier molecular flexibility index (Phi) is 5.71. The van der Waals surface area contributed by atoms with Crippen LogP contribution in [-0.2, 0) is 24.2 Å². The molecule has 0 bridgehead atoms. The summed E-state index contributed by atoms with van der Waals surface area (Å²) < 4.78 is 27.4. The van der Waals surface area contributed by atoms with Crippen LogP contribution in [0.1, 0.15) is 12.0 Å². The van der Waals surface area contributed by atoms with Gasteiger partial charge in [0.2, 0.25) is 5.91 Å². The lowest BCUT2D eigenvalue weighted by Gasteiger charge is -2.10. The van der Waals surface area contributed by atoms with Crippen molar-refractivity contribution in [2.45, 2.75) is 13.3 Å². The molecule has 116 valence electrons. The average molecular weight is 314 g/mol. The lowest BCUT2D eigenvalue weighted by Crippen LogP contribution is -2.23. The van der Waals surface area contributed by atoms with Gasteiger partial charge in [0.15, 0.2) is 9.84 Å². The summed E-state index contributed by atoms with van der Waals surface area (Å²) in [6.45, 7) is 1.75. The summed E-state index contributed by atoms with van der Waals surface area (Å²) in [6, 6.07) is 5.06. The Balaban J connectivity index is 2.59. The van der Waals surface area contributed by atoms with E-state index < -0.39 is 33.2 Å². The Morgan fingerprint density at radius 3 is 2.62 bits per heavy atom. The van der Waals surface area contributed by atoms with E-state index in [1.54, 1.807) is 25.1 Å². The number of ether oxygens (including phenoxy) is 1. The van der Waals surface area contributed by atoms with Crippen LogP contribution in [0.25, 0.3) is 0 Å². The van der Waals surface area contributed by atoms with Gasteiger partial charge in [-0.2, -0.15) is 0 Å². The maximum atomic E-state index is 11.7. The van der Waals surface area contributed by atoms with Gasteiger partial charge < -0.3 is 15.8 Å². The molecule has 0 unspecified atom stereocenters. The van der Waals surface area contributed by atoms with Crippen molar-refractivity contribution in [1.82, 2.24) is 0 Å². The second-order valence-corrected chi connectivity index (χ2v) is 6.67. The molecule has 7 nitrogen and oxygen atoms in total. The van der Waals surface area contributed by atoms with Gasteiger partial charge in [-0.3, -0.25) is 9.59 Å². The minimum Gasteiger partial charge on any atom is -0.468 e. The Morgan fingerprint density at radius 2 is 2.00 bits per heavy atom. The van der Waals surface area contributed by atoms with E-state index in [2.05, 4.69) is 10.1 Å². The highest BCUT2D eigenvalue weighted by Gasteiger charge is 2.19. The van der Waals surface area contributed by atoms with Crippen LogP contribution in [0.5, 0.6) is 0 Å². The molecule has 21 heavy (non-hydrogen) atoms. The maximum Gasteiger partial charge on any atom is 0.320 e. The maximum absolute atomic E-state index is 11.7. The molecular formula is C13H18N2O5S. The summed E-state index contributed by atoms with van der Waals surface area (Å²) in [6.07, 6.45) is -0.242. The zero-order valence-electron chi connectivity index (χ0n) is 11.9. The van der Waals surface area contributed by atoms with E-state index in [0.29, 0.717) is 16.9 Å². The zero-order chi connectivity index (χ0) is 16.0. The van der Waals surface area contributed by atoms with Crippen LogP contribution in [0.3, 0.4) is 0 Å². The Labute approximate surface area is 123 Å². The number of nitrogen functional groups attached to an aromatic ring is 1. The topological polar surface area (TPSA) is 116 Å². The first-order chi connectivity index (χ1) is 9.75. The minimum atomic E-state index is -3.66. The van der Waals surface area contributed by atoms with Gasteiger partial charge in [-0.1, -0.05) is 6.07 Å². The number of sulfone groups is 1. The highest BCUT2D eigenvalue weighted by atomic mass is 32.2. The number of esters is 1. The third-order valence-electron chi connectivity index (χ3n) is 2.86. The monoisotopic (exact) mass is 314 g/mol. The van der Waals surface area contributed by atoms with Crippen molar-refractivity contribution in [3.8, 4) is 0 Å². The molecule has 1 amide bonds. The number of amides is 1. The van der Waals surface area contributed by atoms with E-state index in [9.17, 15) is 18.0 Å². The van der Waals surface area contributed by atoms with Crippen LogP contribution in [-0.4, -0.2) is 38.9 Å². The Morgan fingerprint density at radius 1 is 1.33 bits per heavy atom. The highest BCUT2D eigenvalue weighted by Crippen LogP contribution is 2.20. The summed E-state index contributed by atoms with van der Waals surface area (Å²) in [7, 11) is -2.55. The lowest BCUT2D eigenvalue weighted by molar-refractivity contribution is -0.137. The van der Waals surface area contributed by atoms with Crippen LogP contribution < -0.4 is 11.1 Å². The molecule has 0 saturated carbocycles. The van der Waals surface area contributed by atoms with Crippen molar-refractivity contribution in [2.75, 3.05) is 29.7 Å². The van der Waals surface area contributed by atoms with E-state index in [-0.39, 0.29) is 6.42 Å². The van der Waals surface area contributed by atoms with Gasteiger partial charge in [0.1, 0.15) is 5.75 Å². The van der Waals surface area contributed by atoms with Crippen LogP contribution in [0.4, 0.5) is 11.4 Å². The SMILES string of the molecule is COC(=O)CS(=O)(=O)CCC(=O)Nc1cccc(N)c1C. The van der Waals surface area contributed by atoms with E-state index in [0.717, 1.165) is 7.11 Å². The van der Waals surface area contributed by atoms with Gasteiger partial charge in [0.25, 0.3) is 0 Å². The molecule has 8 heteroatoms. The van der Waals surface area contributed by atoms with Gasteiger partial charge in [0, 0.05) is 17.8 Å². The van der Waals surface area contributed by atoms with Gasteiger partial charge in [0.05, 0.1) is 12.9 Å². The Bertz CT molecular complexity index is 640. The molecule has 0 fully saturated rings. The number of carbonyl (C=O) groups excluding carboxylic acids is 2. The summed E-state index contributed by atoms with van der Waals surface area (Å²) in [5.74, 6) is -2.46. The predicted octanol–water partition coefficient (Wildman–Crippen LogP) is 0.494. The zero-order valence-corrected chi connectivity index (χ0v) is 12.7. The summed E-state index contributed by atoms with van der Waals surface area (Å²) in [5, 5.41) is 2.59. The lowest BCUT2D eigenvalue weighted by atomic mass is 10.1. The van der Waals surface area contributed by atoms with Crippen LogP contribution in [0.2, 0.25) is 0 Å². The number of anilines is 2. The summed E-state index contributed by atoms with van der Waals surface area (Å²) in [4.78, 5) is 22.7. The number of nitrogens with one attached hydrogen (secondary N) is 1. The van der Waals surface area contributed by atoms with Crippen molar-refractivity contribution >= 4 is 33.1 Å². The number of nitrogens with two attached hydrogens (primary N) is 1. The van der Waals surface area contributed by atoms with E-state index in [1.807, 2.05) is 0 Å². The largest absolute Gasteiger partial charge is 0.468 e. The molecule has 0 aromatic heterocycles. The van der Waals surface area contributed by atoms with Crippen LogP contribution >= 0.6 is 0 Å². The predicted molar refractivity (Wildman–Crippen MR) is 79.5 cm³/mol. The van der Waals surface area contributed by atoms with Gasteiger partial charge in [-0.25, -0.2) is 8.42 Å². The quantitative estimate of drug-likeness (QED) is 0.583. The second-order valence-electron chi connectivity index (χ2n) is 4.49. The number of methoxy groups -OCH3 is 1. The third kappa shape index (κ3) is 5.42. The third-order valence-corrected chi connectivity index (χ3v) is 4.36. The smallest absolute Gasteiger partial charge is 0.320 e. The number of hydrogen-bond donors (Lipinski definition) is 2. The van der Waals surface area contributed by atoms with Crippen molar-refractivity contribution in [1.29, 1.82) is 0 Å². The van der Waals surface area contributed by atoms with Crippen LogP contribution in [0, 0.1) is 6.92 Å². The normalized spacial score (nSPS) is 11.0. The molecule has 1 aromatic carbocycles. The van der Waals surface area contributed by atoms with Crippen molar-refractivity contribution in [2.24, 2.45) is 0 Å². The number of carbonyl (C=O) groups is 2. The molecule has 1 rings (SSSR count). The number of benzene rings is 1. The minimum absolute atomic E-state index is 0.242. The standard InChI is InChI=1S/C13H18N2O5S/c1-9-10(14)4-3-5-11(9)15-12(16)6-7-21(18,19)8-13(17)20-2/h3-5H,6-8,14H2,1-2H3,(H,15,16). The van der Waals surface area contributed by atoms with Crippen molar-refractivity contribution in [3.63, 3.8) is 0 Å². The summed E-state index contributed by atoms with van der Waals surface area (Å²) >= 11 is 0. The molecule has 0 radical (unpaired) electrons. The first-order valence-electron chi connectivity index (χ1n) is 6.17. The molecule has 1 aromatic rings. The van der Waals surface area contributed by atoms with Crippen molar-refractivity contribution in [3.05, 3.63) is 23.8 Å². The van der Waals surface area contributed by atoms with E-state index >= 15 is 0 Å². The fraction of sp³-hybridized carbons (Fsp3) is 0.385. The molecule has 0 atom stereocenters. The van der Waals surface area contributed by atoms with Gasteiger partial charge in [-0.05, 0) is 24.6 Å². The van der Waals surface area contributed by atoms with Gasteiger partial charge >= 0.3 is 5.97 Å². The Hall–Kier alpha value is -2.09. The number of hydrogen-bond acceptors (Lipinski definition) is 6. The molecular weight excluding hydrogens is 296 g/mol. The molecule has 0 saturated heterocycles. The first kappa shape index (κ1) is 17.0. The summed E-state index contributed by atoms with van der Waals surface area (Å²) in [5.41, 5.74) is 7.49. The van der Waals surface area contributed by atoms with E-state index in [4.69, 9.17) is 5.73 Å². The molecule has 0 spiro atoms. The van der Waals surface area contributed by atoms with Crippen LogP contribution in [0.15, 0.2) is 18.2 Å². The fourth-order valence-electron chi connectivity index (χ4n) is 1.56. The average Bonchev–Trinajstić information content (AvgIpc) is 2.41. The molecule has 0 aliphatic heterocycles. The molecule has 0 aliphatic carbocycles. The highest BCUT2D eigenvalue weighted by molar-refractivity contribution is 7.92. The first-order valence-corrected chi connectivity index (χ1v) is 7.99.